The van der Waals surface area contributed by atoms with Gasteiger partial charge in [-0.1, -0.05) is 29.3 Å². The van der Waals surface area contributed by atoms with Crippen LogP contribution in [-0.2, 0) is 0 Å². The first-order valence-corrected chi connectivity index (χ1v) is 5.67. The second kappa shape index (κ2) is 4.69. The first-order valence-electron chi connectivity index (χ1n) is 4.91. The molecule has 0 saturated heterocycles. The molecule has 0 aromatic heterocycles. The van der Waals surface area contributed by atoms with Crippen molar-refractivity contribution in [3.05, 3.63) is 22.2 Å². The van der Waals surface area contributed by atoms with Gasteiger partial charge in [-0.15, -0.1) is 0 Å². The summed E-state index contributed by atoms with van der Waals surface area (Å²) in [6.45, 7) is 0. The van der Waals surface area contributed by atoms with Gasteiger partial charge in [0.05, 0.1) is 21.1 Å². The normalized spacial score (nSPS) is 32.2. The molecule has 0 saturated carbocycles. The summed E-state index contributed by atoms with van der Waals surface area (Å²) >= 11 is 12.2. The number of rotatable bonds is 1. The van der Waals surface area contributed by atoms with E-state index in [9.17, 15) is 0 Å². The highest BCUT2D eigenvalue weighted by molar-refractivity contribution is 6.30. The van der Waals surface area contributed by atoms with Crippen LogP contribution >= 0.6 is 23.2 Å². The van der Waals surface area contributed by atoms with E-state index >= 15 is 0 Å². The van der Waals surface area contributed by atoms with E-state index in [0.717, 1.165) is 33.8 Å². The molecule has 0 unspecified atom stereocenters. The minimum Gasteiger partial charge on any atom is -0.325 e. The summed E-state index contributed by atoms with van der Waals surface area (Å²) in [6.07, 6.45) is 6.99. The zero-order valence-electron chi connectivity index (χ0n) is 9.06. The molecule has 80 valence electrons. The van der Waals surface area contributed by atoms with Gasteiger partial charge in [-0.05, 0) is 18.9 Å². The van der Waals surface area contributed by atoms with Gasteiger partial charge in [0, 0.05) is 16.5 Å². The van der Waals surface area contributed by atoms with E-state index in [0.29, 0.717) is 6.04 Å². The molecule has 0 fully saturated rings. The topological polar surface area (TPSA) is 0 Å². The lowest BCUT2D eigenvalue weighted by Gasteiger charge is -2.33. The third kappa shape index (κ3) is 3.64. The van der Waals surface area contributed by atoms with E-state index in [1.165, 1.54) is 0 Å². The Bertz CT molecular complexity index is 261. The molecule has 0 heterocycles. The highest BCUT2D eigenvalue weighted by Crippen LogP contribution is 2.25. The van der Waals surface area contributed by atoms with E-state index in [1.54, 1.807) is 0 Å². The predicted molar refractivity (Wildman–Crippen MR) is 63.5 cm³/mol. The molecule has 0 aromatic rings. The summed E-state index contributed by atoms with van der Waals surface area (Å²) in [5, 5.41) is 1.92. The first kappa shape index (κ1) is 12.1. The van der Waals surface area contributed by atoms with E-state index < -0.39 is 0 Å². The Morgan fingerprint density at radius 3 is 2.43 bits per heavy atom. The number of hydrogen-bond donors (Lipinski definition) is 0. The van der Waals surface area contributed by atoms with E-state index in [4.69, 9.17) is 23.2 Å². The van der Waals surface area contributed by atoms with Crippen LogP contribution < -0.4 is 0 Å². The van der Waals surface area contributed by atoms with Crippen molar-refractivity contribution in [2.45, 2.75) is 25.3 Å². The van der Waals surface area contributed by atoms with Crippen molar-refractivity contribution in [2.24, 2.45) is 0 Å². The van der Waals surface area contributed by atoms with Gasteiger partial charge in [0.2, 0.25) is 0 Å². The summed E-state index contributed by atoms with van der Waals surface area (Å²) in [5.74, 6) is 0. The quantitative estimate of drug-likeness (QED) is 0.610. The van der Waals surface area contributed by atoms with Crippen molar-refractivity contribution in [3.8, 4) is 0 Å². The van der Waals surface area contributed by atoms with Crippen LogP contribution in [0.2, 0.25) is 0 Å². The molecule has 1 atom stereocenters. The molecule has 0 amide bonds. The lowest BCUT2D eigenvalue weighted by atomic mass is 10.1. The van der Waals surface area contributed by atoms with Crippen LogP contribution in [0.5, 0.6) is 0 Å². The molecule has 0 aliphatic heterocycles. The SMILES string of the molecule is C[N+](C)(C)[C@H]1/C=C(\Cl)CC/C=C(\Cl)C1. The number of halogens is 2. The molecule has 1 nitrogen and oxygen atoms in total. The molecule has 14 heavy (non-hydrogen) atoms. The fourth-order valence-corrected chi connectivity index (χ4v) is 2.02. The number of hydrogen-bond acceptors (Lipinski definition) is 0. The maximum Gasteiger partial charge on any atom is 0.113 e. The number of quaternary nitrogens is 1. The van der Waals surface area contributed by atoms with Crippen LogP contribution in [0.3, 0.4) is 0 Å². The molecule has 1 rings (SSSR count). The molecule has 0 bridgehead atoms. The van der Waals surface area contributed by atoms with E-state index in [2.05, 4.69) is 33.3 Å². The molecule has 0 aromatic carbocycles. The van der Waals surface area contributed by atoms with Crippen LogP contribution in [-0.4, -0.2) is 31.7 Å². The largest absolute Gasteiger partial charge is 0.325 e. The molecule has 0 radical (unpaired) electrons. The van der Waals surface area contributed by atoms with Crippen molar-refractivity contribution in [1.82, 2.24) is 0 Å². The van der Waals surface area contributed by atoms with E-state index in [1.807, 2.05) is 0 Å². The fourth-order valence-electron chi connectivity index (χ4n) is 1.50. The Hall–Kier alpha value is 0.0200. The Morgan fingerprint density at radius 2 is 1.86 bits per heavy atom. The fraction of sp³-hybridized carbons (Fsp3) is 0.636. The third-order valence-electron chi connectivity index (χ3n) is 2.52. The van der Waals surface area contributed by atoms with Crippen LogP contribution in [0, 0.1) is 0 Å². The molecule has 0 N–H and O–H groups in total. The van der Waals surface area contributed by atoms with Gasteiger partial charge in [0.25, 0.3) is 0 Å². The molecular formula is C11H18Cl2N+. The molecule has 3 heteroatoms. The average Bonchev–Trinajstić information content (AvgIpc) is 1.98. The summed E-state index contributed by atoms with van der Waals surface area (Å²) < 4.78 is 0.861. The van der Waals surface area contributed by atoms with Gasteiger partial charge in [0.1, 0.15) is 6.04 Å². The average molecular weight is 235 g/mol. The lowest BCUT2D eigenvalue weighted by molar-refractivity contribution is -0.888. The highest BCUT2D eigenvalue weighted by atomic mass is 35.5. The molecular weight excluding hydrogens is 217 g/mol. The van der Waals surface area contributed by atoms with Gasteiger partial charge in [-0.25, -0.2) is 0 Å². The van der Waals surface area contributed by atoms with Crippen molar-refractivity contribution < 1.29 is 4.48 Å². The summed E-state index contributed by atoms with van der Waals surface area (Å²) in [7, 11) is 6.49. The zero-order valence-corrected chi connectivity index (χ0v) is 10.6. The molecule has 0 spiro atoms. The van der Waals surface area contributed by atoms with Crippen molar-refractivity contribution >= 4 is 23.2 Å². The summed E-state index contributed by atoms with van der Waals surface area (Å²) in [6, 6.07) is 0.381. The number of nitrogens with zero attached hydrogens (tertiary/aromatic N) is 1. The van der Waals surface area contributed by atoms with Gasteiger partial charge < -0.3 is 4.48 Å². The Balaban J connectivity index is 2.84. The van der Waals surface area contributed by atoms with Crippen molar-refractivity contribution in [2.75, 3.05) is 21.1 Å². The Morgan fingerprint density at radius 1 is 1.21 bits per heavy atom. The maximum absolute atomic E-state index is 6.12. The second-order valence-electron chi connectivity index (χ2n) is 4.69. The Labute approximate surface area is 96.6 Å². The predicted octanol–water partition coefficient (Wildman–Crippen LogP) is 3.49. The van der Waals surface area contributed by atoms with Crippen molar-refractivity contribution in [3.63, 3.8) is 0 Å². The summed E-state index contributed by atoms with van der Waals surface area (Å²) in [5.41, 5.74) is 0. The minimum absolute atomic E-state index is 0.381. The van der Waals surface area contributed by atoms with Gasteiger partial charge in [-0.2, -0.15) is 0 Å². The van der Waals surface area contributed by atoms with Gasteiger partial charge in [-0.3, -0.25) is 0 Å². The molecule has 1 aliphatic carbocycles. The summed E-state index contributed by atoms with van der Waals surface area (Å²) in [4.78, 5) is 0. The van der Waals surface area contributed by atoms with Crippen molar-refractivity contribution in [1.29, 1.82) is 0 Å². The van der Waals surface area contributed by atoms with Gasteiger partial charge >= 0.3 is 0 Å². The number of allylic oxidation sites excluding steroid dienone is 2. The maximum atomic E-state index is 6.12. The smallest absolute Gasteiger partial charge is 0.113 e. The third-order valence-corrected chi connectivity index (χ3v) is 3.14. The first-order chi connectivity index (χ1) is 6.39. The number of likely N-dealkylation sites (N-methyl/N-ethyl adjacent to an activating group) is 1. The lowest BCUT2D eigenvalue weighted by Crippen LogP contribution is -2.44. The van der Waals surface area contributed by atoms with E-state index in [-0.39, 0.29) is 0 Å². The van der Waals surface area contributed by atoms with Crippen LogP contribution in [0.25, 0.3) is 0 Å². The zero-order chi connectivity index (χ0) is 10.8. The standard InChI is InChI=1S/C11H18Cl2N/c1-14(2,3)11-7-9(12)5-4-6-10(13)8-11/h5,8,11H,4,6-7H2,1-3H3/q+1/b9-5-,10-8-/t11-/m1/s1. The van der Waals surface area contributed by atoms with Gasteiger partial charge in [0.15, 0.2) is 0 Å². The van der Waals surface area contributed by atoms with Crippen LogP contribution in [0.15, 0.2) is 22.2 Å². The minimum atomic E-state index is 0.381. The van der Waals surface area contributed by atoms with Crippen LogP contribution in [0.4, 0.5) is 0 Å². The second-order valence-corrected chi connectivity index (χ2v) is 5.66. The monoisotopic (exact) mass is 234 g/mol. The molecule has 1 aliphatic rings. The van der Waals surface area contributed by atoms with Crippen LogP contribution in [0.1, 0.15) is 19.3 Å². The highest BCUT2D eigenvalue weighted by Gasteiger charge is 2.23. The Kier molecular flexibility index (Phi) is 4.05.